The Balaban J connectivity index is 2.60. The van der Waals surface area contributed by atoms with Crippen LogP contribution in [0.2, 0.25) is 0 Å². The van der Waals surface area contributed by atoms with E-state index in [0.717, 1.165) is 11.4 Å². The second kappa shape index (κ2) is 5.02. The standard InChI is InChI=1S/C10H18N4O/c1-6(5-7(2)15)11-10-12-8(3)9(4)13-14-10/h6-7,15H,5H2,1-4H3,(H,11,12,14). The number of aromatic nitrogens is 3. The number of aliphatic hydroxyl groups excluding tert-OH is 1. The number of nitrogens with one attached hydrogen (secondary N) is 1. The number of hydrogen-bond donors (Lipinski definition) is 2. The van der Waals surface area contributed by atoms with E-state index in [-0.39, 0.29) is 12.1 Å². The average Bonchev–Trinajstić information content (AvgIpc) is 2.10. The zero-order valence-corrected chi connectivity index (χ0v) is 9.65. The number of nitrogens with zero attached hydrogens (tertiary/aromatic N) is 3. The fraction of sp³-hybridized carbons (Fsp3) is 0.700. The summed E-state index contributed by atoms with van der Waals surface area (Å²) < 4.78 is 0. The third kappa shape index (κ3) is 3.79. The highest BCUT2D eigenvalue weighted by molar-refractivity contribution is 5.25. The molecule has 1 rings (SSSR count). The molecule has 0 radical (unpaired) electrons. The Hall–Kier alpha value is -1.23. The monoisotopic (exact) mass is 210 g/mol. The van der Waals surface area contributed by atoms with E-state index < -0.39 is 0 Å². The maximum Gasteiger partial charge on any atom is 0.243 e. The third-order valence-corrected chi connectivity index (χ3v) is 2.16. The normalized spacial score (nSPS) is 14.7. The first-order valence-electron chi connectivity index (χ1n) is 5.11. The van der Waals surface area contributed by atoms with Gasteiger partial charge in [-0.05, 0) is 34.1 Å². The minimum Gasteiger partial charge on any atom is -0.393 e. The predicted molar refractivity (Wildman–Crippen MR) is 58.7 cm³/mol. The molecule has 1 heterocycles. The zero-order chi connectivity index (χ0) is 11.4. The van der Waals surface area contributed by atoms with Gasteiger partial charge in [0.25, 0.3) is 0 Å². The van der Waals surface area contributed by atoms with Crippen LogP contribution in [0, 0.1) is 13.8 Å². The van der Waals surface area contributed by atoms with Gasteiger partial charge in [0.05, 0.1) is 17.5 Å². The van der Waals surface area contributed by atoms with Gasteiger partial charge in [0.15, 0.2) is 0 Å². The van der Waals surface area contributed by atoms with Crippen LogP contribution >= 0.6 is 0 Å². The minimum atomic E-state index is -0.327. The predicted octanol–water partition coefficient (Wildman–Crippen LogP) is 1.06. The van der Waals surface area contributed by atoms with Crippen LogP contribution in [0.5, 0.6) is 0 Å². The van der Waals surface area contributed by atoms with Gasteiger partial charge < -0.3 is 10.4 Å². The van der Waals surface area contributed by atoms with Crippen molar-refractivity contribution in [3.05, 3.63) is 11.4 Å². The number of hydrogen-bond acceptors (Lipinski definition) is 5. The molecule has 84 valence electrons. The molecule has 0 spiro atoms. The van der Waals surface area contributed by atoms with E-state index in [4.69, 9.17) is 0 Å². The molecule has 2 unspecified atom stereocenters. The molecule has 15 heavy (non-hydrogen) atoms. The molecule has 1 aromatic rings. The molecule has 0 aliphatic rings. The summed E-state index contributed by atoms with van der Waals surface area (Å²) in [5.74, 6) is 0.520. The van der Waals surface area contributed by atoms with E-state index in [1.165, 1.54) is 0 Å². The minimum absolute atomic E-state index is 0.133. The SMILES string of the molecule is Cc1nnc(NC(C)CC(C)O)nc1C. The summed E-state index contributed by atoms with van der Waals surface area (Å²) in [5, 5.41) is 20.2. The molecule has 2 N–H and O–H groups in total. The second-order valence-corrected chi connectivity index (χ2v) is 3.94. The quantitative estimate of drug-likeness (QED) is 0.777. The lowest BCUT2D eigenvalue weighted by Crippen LogP contribution is -2.22. The summed E-state index contributed by atoms with van der Waals surface area (Å²) in [5.41, 5.74) is 1.71. The number of anilines is 1. The van der Waals surface area contributed by atoms with Crippen molar-refractivity contribution >= 4 is 5.95 Å². The molecule has 5 nitrogen and oxygen atoms in total. The van der Waals surface area contributed by atoms with E-state index in [1.807, 2.05) is 20.8 Å². The summed E-state index contributed by atoms with van der Waals surface area (Å²) in [6.45, 7) is 7.51. The van der Waals surface area contributed by atoms with Crippen LogP contribution in [0.1, 0.15) is 31.7 Å². The van der Waals surface area contributed by atoms with Crippen molar-refractivity contribution in [3.8, 4) is 0 Å². The van der Waals surface area contributed by atoms with Gasteiger partial charge in [-0.25, -0.2) is 4.98 Å². The fourth-order valence-corrected chi connectivity index (χ4v) is 1.31. The van der Waals surface area contributed by atoms with Crippen molar-refractivity contribution < 1.29 is 5.11 Å². The van der Waals surface area contributed by atoms with Crippen LogP contribution in [0.25, 0.3) is 0 Å². The summed E-state index contributed by atoms with van der Waals surface area (Å²) >= 11 is 0. The molecule has 0 aliphatic heterocycles. The summed E-state index contributed by atoms with van der Waals surface area (Å²) in [4.78, 5) is 4.25. The van der Waals surface area contributed by atoms with Crippen molar-refractivity contribution in [2.75, 3.05) is 5.32 Å². The van der Waals surface area contributed by atoms with Gasteiger partial charge in [-0.1, -0.05) is 0 Å². The molecule has 0 saturated carbocycles. The molecule has 0 aliphatic carbocycles. The lowest BCUT2D eigenvalue weighted by molar-refractivity contribution is 0.179. The topological polar surface area (TPSA) is 70.9 Å². The summed E-state index contributed by atoms with van der Waals surface area (Å²) in [6, 6.07) is 0.133. The van der Waals surface area contributed by atoms with Gasteiger partial charge in [0.2, 0.25) is 5.95 Å². The van der Waals surface area contributed by atoms with Gasteiger partial charge in [-0.3, -0.25) is 0 Å². The first-order chi connectivity index (χ1) is 6.99. The smallest absolute Gasteiger partial charge is 0.243 e. The number of rotatable bonds is 4. The Kier molecular flexibility index (Phi) is 3.96. The lowest BCUT2D eigenvalue weighted by atomic mass is 10.2. The maximum absolute atomic E-state index is 9.20. The lowest BCUT2D eigenvalue weighted by Gasteiger charge is -2.15. The molecule has 2 atom stereocenters. The van der Waals surface area contributed by atoms with E-state index in [1.54, 1.807) is 6.92 Å². The van der Waals surface area contributed by atoms with Crippen LogP contribution in [0.3, 0.4) is 0 Å². The third-order valence-electron chi connectivity index (χ3n) is 2.16. The van der Waals surface area contributed by atoms with Crippen molar-refractivity contribution in [1.29, 1.82) is 0 Å². The maximum atomic E-state index is 9.20. The van der Waals surface area contributed by atoms with Crippen LogP contribution in [0.15, 0.2) is 0 Å². The van der Waals surface area contributed by atoms with Gasteiger partial charge >= 0.3 is 0 Å². The molecule has 0 bridgehead atoms. The summed E-state index contributed by atoms with van der Waals surface area (Å²) in [7, 11) is 0. The Morgan fingerprint density at radius 1 is 1.20 bits per heavy atom. The highest BCUT2D eigenvalue weighted by atomic mass is 16.3. The van der Waals surface area contributed by atoms with Crippen molar-refractivity contribution in [1.82, 2.24) is 15.2 Å². The molecular weight excluding hydrogens is 192 g/mol. The number of aliphatic hydroxyl groups is 1. The average molecular weight is 210 g/mol. The number of aryl methyl sites for hydroxylation is 2. The van der Waals surface area contributed by atoms with E-state index >= 15 is 0 Å². The Morgan fingerprint density at radius 3 is 2.40 bits per heavy atom. The largest absolute Gasteiger partial charge is 0.393 e. The van der Waals surface area contributed by atoms with Crippen LogP contribution in [-0.2, 0) is 0 Å². The Bertz CT molecular complexity index is 327. The van der Waals surface area contributed by atoms with Crippen molar-refractivity contribution in [2.24, 2.45) is 0 Å². The second-order valence-electron chi connectivity index (χ2n) is 3.94. The molecule has 1 aromatic heterocycles. The van der Waals surface area contributed by atoms with E-state index in [2.05, 4.69) is 20.5 Å². The van der Waals surface area contributed by atoms with Gasteiger partial charge in [0, 0.05) is 6.04 Å². The summed E-state index contributed by atoms with van der Waals surface area (Å²) in [6.07, 6.45) is 0.336. The molecule has 0 saturated heterocycles. The first kappa shape index (κ1) is 11.8. The van der Waals surface area contributed by atoms with Gasteiger partial charge in [-0.2, -0.15) is 5.10 Å². The van der Waals surface area contributed by atoms with Crippen LogP contribution in [-0.4, -0.2) is 32.4 Å². The van der Waals surface area contributed by atoms with Crippen molar-refractivity contribution in [3.63, 3.8) is 0 Å². The van der Waals surface area contributed by atoms with Crippen LogP contribution < -0.4 is 5.32 Å². The molecule has 0 amide bonds. The molecule has 0 fully saturated rings. The highest BCUT2D eigenvalue weighted by Gasteiger charge is 2.08. The molecule has 5 heteroatoms. The molecular formula is C10H18N4O. The van der Waals surface area contributed by atoms with E-state index in [9.17, 15) is 5.11 Å². The van der Waals surface area contributed by atoms with Crippen molar-refractivity contribution in [2.45, 2.75) is 46.3 Å². The fourth-order valence-electron chi connectivity index (χ4n) is 1.31. The zero-order valence-electron chi connectivity index (χ0n) is 9.65. The van der Waals surface area contributed by atoms with Gasteiger partial charge in [-0.15, -0.1) is 5.10 Å². The Labute approximate surface area is 90.0 Å². The first-order valence-corrected chi connectivity index (χ1v) is 5.11. The highest BCUT2D eigenvalue weighted by Crippen LogP contribution is 2.06. The van der Waals surface area contributed by atoms with E-state index in [0.29, 0.717) is 12.4 Å². The van der Waals surface area contributed by atoms with Crippen LogP contribution in [0.4, 0.5) is 5.95 Å². The molecule has 0 aromatic carbocycles. The Morgan fingerprint density at radius 2 is 1.87 bits per heavy atom. The van der Waals surface area contributed by atoms with Gasteiger partial charge in [0.1, 0.15) is 0 Å².